The summed E-state index contributed by atoms with van der Waals surface area (Å²) in [5, 5.41) is 9.34. The first-order valence-corrected chi connectivity index (χ1v) is 8.94. The van der Waals surface area contributed by atoms with Crippen molar-refractivity contribution < 1.29 is 9.18 Å². The molecule has 0 aliphatic carbocycles. The summed E-state index contributed by atoms with van der Waals surface area (Å²) in [4.78, 5) is 29.7. The van der Waals surface area contributed by atoms with Crippen molar-refractivity contribution in [3.05, 3.63) is 70.0 Å². The van der Waals surface area contributed by atoms with E-state index in [2.05, 4.69) is 15.4 Å². The fourth-order valence-electron chi connectivity index (χ4n) is 2.71. The van der Waals surface area contributed by atoms with Crippen LogP contribution >= 0.6 is 11.3 Å². The number of aryl methyl sites for hydroxylation is 1. The van der Waals surface area contributed by atoms with Crippen LogP contribution in [0.4, 0.5) is 10.2 Å². The van der Waals surface area contributed by atoms with E-state index in [1.54, 1.807) is 36.6 Å². The molecule has 1 N–H and O–H groups in total. The van der Waals surface area contributed by atoms with E-state index in [1.165, 1.54) is 39.0 Å². The van der Waals surface area contributed by atoms with E-state index in [9.17, 15) is 14.0 Å². The Kier molecular flexibility index (Phi) is 4.28. The largest absolute Gasteiger partial charge is 0.309 e. The predicted molar refractivity (Wildman–Crippen MR) is 101 cm³/mol. The average molecular weight is 383 g/mol. The molecule has 0 aliphatic rings. The van der Waals surface area contributed by atoms with Gasteiger partial charge in [-0.3, -0.25) is 14.2 Å². The number of thiophene rings is 1. The number of carbonyl (C=O) groups is 1. The third-order valence-corrected chi connectivity index (χ3v) is 4.76. The number of halogens is 1. The Morgan fingerprint density at radius 2 is 2.04 bits per heavy atom. The molecule has 9 heteroatoms. The molecule has 3 aromatic heterocycles. The molecule has 4 aromatic rings. The van der Waals surface area contributed by atoms with Crippen molar-refractivity contribution in [2.75, 3.05) is 5.32 Å². The second-order valence-corrected chi connectivity index (χ2v) is 6.82. The van der Waals surface area contributed by atoms with E-state index >= 15 is 0 Å². The Hall–Kier alpha value is -3.33. The number of amides is 1. The summed E-state index contributed by atoms with van der Waals surface area (Å²) in [6, 6.07) is 9.16. The Bertz CT molecular complexity index is 1190. The Balaban J connectivity index is 1.58. The maximum Gasteiger partial charge on any atom is 0.262 e. The molecule has 1 aromatic carbocycles. The molecule has 4 rings (SSSR count). The number of carbonyl (C=O) groups excluding carboxylic acids is 1. The van der Waals surface area contributed by atoms with Gasteiger partial charge in [0.25, 0.3) is 5.56 Å². The van der Waals surface area contributed by atoms with Crippen molar-refractivity contribution in [1.82, 2.24) is 19.3 Å². The van der Waals surface area contributed by atoms with Crippen LogP contribution in [-0.4, -0.2) is 25.2 Å². The highest BCUT2D eigenvalue weighted by Gasteiger charge is 2.13. The van der Waals surface area contributed by atoms with Gasteiger partial charge in [-0.1, -0.05) is 0 Å². The zero-order valence-corrected chi connectivity index (χ0v) is 15.0. The van der Waals surface area contributed by atoms with Gasteiger partial charge in [0, 0.05) is 6.07 Å². The van der Waals surface area contributed by atoms with E-state index in [0.717, 1.165) is 0 Å². The van der Waals surface area contributed by atoms with E-state index in [-0.39, 0.29) is 17.9 Å². The minimum atomic E-state index is -0.392. The van der Waals surface area contributed by atoms with Crippen molar-refractivity contribution in [3.63, 3.8) is 0 Å². The van der Waals surface area contributed by atoms with Gasteiger partial charge in [0.05, 0.1) is 23.1 Å². The van der Waals surface area contributed by atoms with E-state index in [1.807, 2.05) is 0 Å². The maximum atomic E-state index is 13.1. The van der Waals surface area contributed by atoms with Crippen LogP contribution in [0.3, 0.4) is 0 Å². The van der Waals surface area contributed by atoms with Gasteiger partial charge in [0.1, 0.15) is 23.0 Å². The van der Waals surface area contributed by atoms with Crippen LogP contribution in [0.25, 0.3) is 15.9 Å². The lowest BCUT2D eigenvalue weighted by atomic mass is 10.3. The number of fused-ring (bicyclic) bond motifs is 1. The first-order chi connectivity index (χ1) is 13.0. The highest BCUT2D eigenvalue weighted by molar-refractivity contribution is 7.16. The standard InChI is InChI=1S/C18H14FN5O2S/c1-11-8-15(24(22-11)13-4-2-12(19)3-5-13)21-16(25)9-23-10-20-17-14(18(23)26)6-7-27-17/h2-8,10H,9H2,1H3,(H,21,25). The lowest BCUT2D eigenvalue weighted by Gasteiger charge is -2.10. The normalized spacial score (nSPS) is 11.0. The molecule has 136 valence electrons. The molecule has 0 fully saturated rings. The van der Waals surface area contributed by atoms with Gasteiger partial charge >= 0.3 is 0 Å². The molecule has 0 unspecified atom stereocenters. The van der Waals surface area contributed by atoms with Crippen molar-refractivity contribution in [3.8, 4) is 5.69 Å². The number of benzene rings is 1. The van der Waals surface area contributed by atoms with Crippen LogP contribution in [0.5, 0.6) is 0 Å². The van der Waals surface area contributed by atoms with Gasteiger partial charge in [0.15, 0.2) is 0 Å². The summed E-state index contributed by atoms with van der Waals surface area (Å²) >= 11 is 1.37. The van der Waals surface area contributed by atoms with Crippen LogP contribution in [-0.2, 0) is 11.3 Å². The topological polar surface area (TPSA) is 81.8 Å². The van der Waals surface area contributed by atoms with Crippen molar-refractivity contribution >= 4 is 33.3 Å². The monoisotopic (exact) mass is 383 g/mol. The second-order valence-electron chi connectivity index (χ2n) is 5.92. The van der Waals surface area contributed by atoms with Gasteiger partial charge in [-0.2, -0.15) is 5.10 Å². The van der Waals surface area contributed by atoms with Gasteiger partial charge in [0.2, 0.25) is 5.91 Å². The van der Waals surface area contributed by atoms with Crippen molar-refractivity contribution in [2.45, 2.75) is 13.5 Å². The highest BCUT2D eigenvalue weighted by Crippen LogP contribution is 2.18. The fourth-order valence-corrected chi connectivity index (χ4v) is 3.43. The van der Waals surface area contributed by atoms with Gasteiger partial charge < -0.3 is 5.32 Å². The summed E-state index contributed by atoms with van der Waals surface area (Å²) in [5.74, 6) is -0.317. The lowest BCUT2D eigenvalue weighted by Crippen LogP contribution is -2.28. The molecule has 0 spiro atoms. The van der Waals surface area contributed by atoms with Crippen LogP contribution < -0.4 is 10.9 Å². The Labute approximate surface area is 156 Å². The first-order valence-electron chi connectivity index (χ1n) is 8.06. The number of hydrogen-bond acceptors (Lipinski definition) is 5. The minimum Gasteiger partial charge on any atom is -0.309 e. The molecular weight excluding hydrogens is 369 g/mol. The van der Waals surface area contributed by atoms with E-state index < -0.39 is 5.91 Å². The quantitative estimate of drug-likeness (QED) is 0.587. The molecule has 0 saturated heterocycles. The smallest absolute Gasteiger partial charge is 0.262 e. The van der Waals surface area contributed by atoms with Crippen molar-refractivity contribution in [1.29, 1.82) is 0 Å². The fraction of sp³-hybridized carbons (Fsp3) is 0.111. The number of nitrogens with one attached hydrogen (secondary N) is 1. The van der Waals surface area contributed by atoms with E-state index in [0.29, 0.717) is 27.4 Å². The zero-order chi connectivity index (χ0) is 19.0. The number of nitrogens with zero attached hydrogens (tertiary/aromatic N) is 4. The third-order valence-electron chi connectivity index (χ3n) is 3.93. The second kappa shape index (κ2) is 6.76. The summed E-state index contributed by atoms with van der Waals surface area (Å²) in [6.45, 7) is 1.61. The first kappa shape index (κ1) is 17.1. The number of rotatable bonds is 4. The molecule has 0 aliphatic heterocycles. The predicted octanol–water partition coefficient (Wildman–Crippen LogP) is 2.73. The molecule has 0 radical (unpaired) electrons. The summed E-state index contributed by atoms with van der Waals surface area (Å²) in [5.41, 5.74) is 1.03. The van der Waals surface area contributed by atoms with Crippen molar-refractivity contribution in [2.24, 2.45) is 0 Å². The molecule has 7 nitrogen and oxygen atoms in total. The summed E-state index contributed by atoms with van der Waals surface area (Å²) in [7, 11) is 0. The molecule has 3 heterocycles. The number of aromatic nitrogens is 4. The molecule has 27 heavy (non-hydrogen) atoms. The SMILES string of the molecule is Cc1cc(NC(=O)Cn2cnc3sccc3c2=O)n(-c2ccc(F)cc2)n1. The van der Waals surface area contributed by atoms with Crippen LogP contribution in [0, 0.1) is 12.7 Å². The lowest BCUT2D eigenvalue weighted by molar-refractivity contribution is -0.116. The van der Waals surface area contributed by atoms with E-state index in [4.69, 9.17) is 0 Å². The van der Waals surface area contributed by atoms with Gasteiger partial charge in [-0.05, 0) is 42.6 Å². The maximum absolute atomic E-state index is 13.1. The Morgan fingerprint density at radius 1 is 1.26 bits per heavy atom. The summed E-state index contributed by atoms with van der Waals surface area (Å²) < 4.78 is 15.9. The van der Waals surface area contributed by atoms with Crippen LogP contribution in [0.2, 0.25) is 0 Å². The molecule has 0 saturated carbocycles. The molecular formula is C18H14FN5O2S. The van der Waals surface area contributed by atoms with Crippen LogP contribution in [0.1, 0.15) is 5.69 Å². The molecule has 0 bridgehead atoms. The van der Waals surface area contributed by atoms with Gasteiger partial charge in [-0.25, -0.2) is 14.1 Å². The van der Waals surface area contributed by atoms with Crippen LogP contribution in [0.15, 0.2) is 52.9 Å². The zero-order valence-electron chi connectivity index (χ0n) is 14.2. The molecule has 1 amide bonds. The minimum absolute atomic E-state index is 0.175. The number of hydrogen-bond donors (Lipinski definition) is 1. The summed E-state index contributed by atoms with van der Waals surface area (Å²) in [6.07, 6.45) is 1.36. The van der Waals surface area contributed by atoms with Gasteiger partial charge in [-0.15, -0.1) is 11.3 Å². The number of anilines is 1. The highest BCUT2D eigenvalue weighted by atomic mass is 32.1. The average Bonchev–Trinajstić information content (AvgIpc) is 3.25. The third kappa shape index (κ3) is 3.36. The molecule has 0 atom stereocenters. The Morgan fingerprint density at radius 3 is 2.81 bits per heavy atom.